The number of anilines is 1. The molecule has 0 radical (unpaired) electrons. The lowest BCUT2D eigenvalue weighted by atomic mass is 10.3. The number of hydrogen-bond donors (Lipinski definition) is 1. The van der Waals surface area contributed by atoms with Crippen LogP contribution in [0.3, 0.4) is 0 Å². The van der Waals surface area contributed by atoms with E-state index in [0.717, 1.165) is 10.9 Å². The summed E-state index contributed by atoms with van der Waals surface area (Å²) in [4.78, 5) is 8.31. The molecular weight excluding hydrogens is 254 g/mol. The van der Waals surface area contributed by atoms with Gasteiger partial charge in [0.05, 0.1) is 24.1 Å². The number of nitrogens with one attached hydrogen (secondary N) is 1. The molecule has 0 aliphatic carbocycles. The van der Waals surface area contributed by atoms with Crippen LogP contribution in [0.25, 0.3) is 11.0 Å². The highest BCUT2D eigenvalue weighted by Gasteiger charge is 2.10. The van der Waals surface area contributed by atoms with Crippen molar-refractivity contribution in [3.8, 4) is 0 Å². The number of hydrogen-bond acceptors (Lipinski definition) is 5. The number of nitrogens with zero attached hydrogens (tertiary/aromatic N) is 4. The van der Waals surface area contributed by atoms with Crippen LogP contribution in [0.2, 0.25) is 5.28 Å². The second-order valence-electron chi connectivity index (χ2n) is 3.83. The molecule has 3 aromatic heterocycles. The second-order valence-corrected chi connectivity index (χ2v) is 4.17. The number of rotatable bonds is 3. The molecule has 0 unspecified atom stereocenters. The lowest BCUT2D eigenvalue weighted by Crippen LogP contribution is -2.02. The zero-order valence-corrected chi connectivity index (χ0v) is 10.3. The lowest BCUT2D eigenvalue weighted by Gasteiger charge is -2.05. The topological polar surface area (TPSA) is 68.8 Å². The molecule has 0 bridgehead atoms. The van der Waals surface area contributed by atoms with Gasteiger partial charge in [-0.2, -0.15) is 15.1 Å². The number of fused-ring (bicyclic) bond motifs is 1. The van der Waals surface area contributed by atoms with Crippen LogP contribution in [-0.4, -0.2) is 19.7 Å². The summed E-state index contributed by atoms with van der Waals surface area (Å²) in [5.74, 6) is 0.666. The molecule has 18 heavy (non-hydrogen) atoms. The van der Waals surface area contributed by atoms with Crippen LogP contribution in [0.5, 0.6) is 0 Å². The van der Waals surface area contributed by atoms with Crippen LogP contribution in [0.4, 0.5) is 5.82 Å². The van der Waals surface area contributed by atoms with Crippen LogP contribution in [-0.2, 0) is 13.6 Å². The van der Waals surface area contributed by atoms with Crippen LogP contribution >= 0.6 is 11.6 Å². The molecule has 0 spiro atoms. The summed E-state index contributed by atoms with van der Waals surface area (Å²) in [7, 11) is 1.81. The standard InChI is InChI=1S/C11H10ClN5O/c1-17-10-8(5-14-17)9(15-11(12)16-10)13-4-7-2-3-18-6-7/h2-3,5-6H,4H2,1H3,(H,13,15,16). The molecular formula is C11H10ClN5O. The molecule has 1 N–H and O–H groups in total. The first-order valence-corrected chi connectivity index (χ1v) is 5.72. The Morgan fingerprint density at radius 1 is 1.44 bits per heavy atom. The minimum absolute atomic E-state index is 0.195. The van der Waals surface area contributed by atoms with E-state index in [2.05, 4.69) is 20.4 Å². The summed E-state index contributed by atoms with van der Waals surface area (Å²) < 4.78 is 6.66. The minimum Gasteiger partial charge on any atom is -0.472 e. The van der Waals surface area contributed by atoms with E-state index in [4.69, 9.17) is 16.0 Å². The normalized spacial score (nSPS) is 11.0. The molecule has 0 amide bonds. The van der Waals surface area contributed by atoms with Gasteiger partial charge in [0.25, 0.3) is 0 Å². The predicted molar refractivity (Wildman–Crippen MR) is 67.3 cm³/mol. The fourth-order valence-electron chi connectivity index (χ4n) is 1.71. The molecule has 0 saturated heterocycles. The van der Waals surface area contributed by atoms with E-state index in [-0.39, 0.29) is 5.28 Å². The summed E-state index contributed by atoms with van der Waals surface area (Å²) in [5.41, 5.74) is 1.73. The monoisotopic (exact) mass is 263 g/mol. The summed E-state index contributed by atoms with van der Waals surface area (Å²) in [6, 6.07) is 1.89. The average Bonchev–Trinajstić information content (AvgIpc) is 2.97. The Bertz CT molecular complexity index is 676. The van der Waals surface area contributed by atoms with Gasteiger partial charge in [-0.3, -0.25) is 4.68 Å². The van der Waals surface area contributed by atoms with Crippen LogP contribution in [0, 0.1) is 0 Å². The van der Waals surface area contributed by atoms with Gasteiger partial charge >= 0.3 is 0 Å². The lowest BCUT2D eigenvalue weighted by molar-refractivity contribution is 0.564. The third-order valence-electron chi connectivity index (χ3n) is 2.60. The second kappa shape index (κ2) is 4.30. The van der Waals surface area contributed by atoms with Gasteiger partial charge in [0, 0.05) is 19.2 Å². The first-order valence-electron chi connectivity index (χ1n) is 5.34. The van der Waals surface area contributed by atoms with Crippen molar-refractivity contribution in [3.05, 3.63) is 35.6 Å². The SMILES string of the molecule is Cn1ncc2c(NCc3ccoc3)nc(Cl)nc21. The van der Waals surface area contributed by atoms with Gasteiger partial charge in [-0.1, -0.05) is 0 Å². The fourth-order valence-corrected chi connectivity index (χ4v) is 1.87. The Labute approximate surface area is 108 Å². The Hall–Kier alpha value is -2.08. The van der Waals surface area contributed by atoms with Crippen molar-refractivity contribution >= 4 is 28.5 Å². The van der Waals surface area contributed by atoms with E-state index in [1.807, 2.05) is 13.1 Å². The van der Waals surface area contributed by atoms with Crippen molar-refractivity contribution < 1.29 is 4.42 Å². The maximum Gasteiger partial charge on any atom is 0.226 e. The molecule has 6 nitrogen and oxygen atoms in total. The minimum atomic E-state index is 0.195. The Balaban J connectivity index is 1.95. The summed E-state index contributed by atoms with van der Waals surface area (Å²) in [5, 5.41) is 8.37. The first-order chi connectivity index (χ1) is 8.74. The molecule has 92 valence electrons. The van der Waals surface area contributed by atoms with Gasteiger partial charge in [0.2, 0.25) is 5.28 Å². The third kappa shape index (κ3) is 1.91. The quantitative estimate of drug-likeness (QED) is 0.734. The fraction of sp³-hybridized carbons (Fsp3) is 0.182. The van der Waals surface area contributed by atoms with Crippen LogP contribution in [0.1, 0.15) is 5.56 Å². The molecule has 3 heterocycles. The number of furan rings is 1. The number of halogens is 1. The average molecular weight is 264 g/mol. The molecule has 0 atom stereocenters. The summed E-state index contributed by atoms with van der Waals surface area (Å²) in [6.45, 7) is 0.605. The smallest absolute Gasteiger partial charge is 0.226 e. The zero-order chi connectivity index (χ0) is 12.5. The van der Waals surface area contributed by atoms with Gasteiger partial charge < -0.3 is 9.73 Å². The molecule has 0 aromatic carbocycles. The maximum absolute atomic E-state index is 5.89. The molecule has 3 aromatic rings. The van der Waals surface area contributed by atoms with Crippen LogP contribution in [0.15, 0.2) is 29.2 Å². The van der Waals surface area contributed by atoms with Crippen molar-refractivity contribution in [2.45, 2.75) is 6.54 Å². The van der Waals surface area contributed by atoms with E-state index in [0.29, 0.717) is 18.0 Å². The highest BCUT2D eigenvalue weighted by atomic mass is 35.5. The third-order valence-corrected chi connectivity index (χ3v) is 2.77. The number of aromatic nitrogens is 4. The maximum atomic E-state index is 5.89. The van der Waals surface area contributed by atoms with Crippen molar-refractivity contribution in [2.24, 2.45) is 7.05 Å². The van der Waals surface area contributed by atoms with E-state index < -0.39 is 0 Å². The Kier molecular flexibility index (Phi) is 2.64. The predicted octanol–water partition coefficient (Wildman–Crippen LogP) is 2.22. The van der Waals surface area contributed by atoms with Gasteiger partial charge in [-0.15, -0.1) is 0 Å². The van der Waals surface area contributed by atoms with E-state index in [1.54, 1.807) is 23.4 Å². The number of aryl methyl sites for hydroxylation is 1. The Morgan fingerprint density at radius 2 is 2.33 bits per heavy atom. The van der Waals surface area contributed by atoms with Gasteiger partial charge in [-0.05, 0) is 17.7 Å². The van der Waals surface area contributed by atoms with E-state index >= 15 is 0 Å². The summed E-state index contributed by atoms with van der Waals surface area (Å²) in [6.07, 6.45) is 5.02. The molecule has 0 saturated carbocycles. The van der Waals surface area contributed by atoms with Crippen molar-refractivity contribution in [1.29, 1.82) is 0 Å². The molecule has 0 aliphatic heterocycles. The summed E-state index contributed by atoms with van der Waals surface area (Å²) >= 11 is 5.89. The van der Waals surface area contributed by atoms with Crippen molar-refractivity contribution in [3.63, 3.8) is 0 Å². The van der Waals surface area contributed by atoms with Gasteiger partial charge in [0.1, 0.15) is 5.82 Å². The Morgan fingerprint density at radius 3 is 3.11 bits per heavy atom. The largest absolute Gasteiger partial charge is 0.472 e. The van der Waals surface area contributed by atoms with E-state index in [1.165, 1.54) is 0 Å². The molecule has 0 aliphatic rings. The van der Waals surface area contributed by atoms with E-state index in [9.17, 15) is 0 Å². The molecule has 0 fully saturated rings. The highest BCUT2D eigenvalue weighted by Crippen LogP contribution is 2.21. The molecule has 3 rings (SSSR count). The van der Waals surface area contributed by atoms with Gasteiger partial charge in [0.15, 0.2) is 5.65 Å². The highest BCUT2D eigenvalue weighted by molar-refractivity contribution is 6.28. The zero-order valence-electron chi connectivity index (χ0n) is 9.59. The van der Waals surface area contributed by atoms with Crippen LogP contribution < -0.4 is 5.32 Å². The van der Waals surface area contributed by atoms with Crippen molar-refractivity contribution in [1.82, 2.24) is 19.7 Å². The van der Waals surface area contributed by atoms with Gasteiger partial charge in [-0.25, -0.2) is 0 Å². The molecule has 7 heteroatoms. The van der Waals surface area contributed by atoms with Crippen molar-refractivity contribution in [2.75, 3.05) is 5.32 Å². The first kappa shape index (κ1) is 11.0.